The van der Waals surface area contributed by atoms with Crippen molar-refractivity contribution in [2.24, 2.45) is 0 Å². The predicted octanol–water partition coefficient (Wildman–Crippen LogP) is 2.20. The van der Waals surface area contributed by atoms with Crippen molar-refractivity contribution in [3.63, 3.8) is 0 Å². The second-order valence-corrected chi connectivity index (χ2v) is 3.96. The molecule has 86 valence electrons. The average molecular weight is 235 g/mol. The molecule has 0 bridgehead atoms. The lowest BCUT2D eigenvalue weighted by molar-refractivity contribution is 1.22. The summed E-state index contributed by atoms with van der Waals surface area (Å²) in [5.41, 5.74) is 3.91. The van der Waals surface area contributed by atoms with Crippen molar-refractivity contribution in [3.8, 4) is 17.6 Å². The van der Waals surface area contributed by atoms with E-state index in [4.69, 9.17) is 5.26 Å². The highest BCUT2D eigenvalue weighted by molar-refractivity contribution is 5.77. The number of pyridine rings is 2. The van der Waals surface area contributed by atoms with Crippen LogP contribution in [0.15, 0.2) is 30.6 Å². The second kappa shape index (κ2) is 3.93. The molecule has 0 radical (unpaired) electrons. The molecule has 0 saturated heterocycles. The highest BCUT2D eigenvalue weighted by Crippen LogP contribution is 2.19. The van der Waals surface area contributed by atoms with Crippen LogP contribution in [0.1, 0.15) is 11.1 Å². The molecule has 3 aromatic heterocycles. The topological polar surface area (TPSA) is 78.2 Å². The lowest BCUT2D eigenvalue weighted by Crippen LogP contribution is -1.86. The maximum Gasteiger partial charge on any atom is 0.178 e. The summed E-state index contributed by atoms with van der Waals surface area (Å²) < 4.78 is 0. The van der Waals surface area contributed by atoms with Crippen molar-refractivity contribution in [3.05, 3.63) is 41.7 Å². The van der Waals surface area contributed by atoms with Gasteiger partial charge in [0.25, 0.3) is 0 Å². The van der Waals surface area contributed by atoms with Gasteiger partial charge in [-0.25, -0.2) is 9.97 Å². The molecule has 5 heteroatoms. The summed E-state index contributed by atoms with van der Waals surface area (Å²) in [5.74, 6) is 0.663. The minimum atomic E-state index is 0.532. The molecule has 5 nitrogen and oxygen atoms in total. The van der Waals surface area contributed by atoms with Crippen molar-refractivity contribution in [2.75, 3.05) is 0 Å². The fourth-order valence-electron chi connectivity index (χ4n) is 1.76. The predicted molar refractivity (Wildman–Crippen MR) is 66.6 cm³/mol. The van der Waals surface area contributed by atoms with Gasteiger partial charge in [0.15, 0.2) is 11.5 Å². The van der Waals surface area contributed by atoms with E-state index in [2.05, 4.69) is 19.9 Å². The summed E-state index contributed by atoms with van der Waals surface area (Å²) >= 11 is 0. The lowest BCUT2D eigenvalue weighted by Gasteiger charge is -1.94. The van der Waals surface area contributed by atoms with Crippen LogP contribution < -0.4 is 0 Å². The standard InChI is InChI=1S/C13H9N5/c1-8-4-5-15-13-11(8)17-12(18-13)10-3-2-9(6-14)7-16-10/h2-5,7H,1H3,(H,15,17,18). The van der Waals surface area contributed by atoms with E-state index in [1.165, 1.54) is 6.20 Å². The summed E-state index contributed by atoms with van der Waals surface area (Å²) in [6, 6.07) is 7.45. The SMILES string of the molecule is Cc1ccnc2nc(-c3ccc(C#N)cn3)[nH]c12. The van der Waals surface area contributed by atoms with Gasteiger partial charge in [-0.05, 0) is 30.7 Å². The van der Waals surface area contributed by atoms with Gasteiger partial charge in [0, 0.05) is 12.4 Å². The molecule has 0 saturated carbocycles. The second-order valence-electron chi connectivity index (χ2n) is 3.96. The van der Waals surface area contributed by atoms with Crippen LogP contribution in [0.2, 0.25) is 0 Å². The van der Waals surface area contributed by atoms with Crippen LogP contribution in [-0.4, -0.2) is 19.9 Å². The first-order valence-electron chi connectivity index (χ1n) is 5.46. The van der Waals surface area contributed by atoms with E-state index < -0.39 is 0 Å². The Bertz CT molecular complexity index is 749. The van der Waals surface area contributed by atoms with Gasteiger partial charge in [-0.2, -0.15) is 5.26 Å². The first-order chi connectivity index (χ1) is 8.78. The Balaban J connectivity index is 2.14. The maximum atomic E-state index is 8.73. The van der Waals surface area contributed by atoms with Crippen LogP contribution >= 0.6 is 0 Å². The quantitative estimate of drug-likeness (QED) is 0.701. The molecular formula is C13H9N5. The van der Waals surface area contributed by atoms with Crippen molar-refractivity contribution in [2.45, 2.75) is 6.92 Å². The molecule has 3 rings (SSSR count). The minimum Gasteiger partial charge on any atom is -0.335 e. The van der Waals surface area contributed by atoms with E-state index in [-0.39, 0.29) is 0 Å². The maximum absolute atomic E-state index is 8.73. The number of nitriles is 1. The van der Waals surface area contributed by atoms with Crippen molar-refractivity contribution < 1.29 is 0 Å². The van der Waals surface area contributed by atoms with Gasteiger partial charge >= 0.3 is 0 Å². The molecule has 0 spiro atoms. The van der Waals surface area contributed by atoms with Gasteiger partial charge in [-0.3, -0.25) is 4.98 Å². The smallest absolute Gasteiger partial charge is 0.178 e. The van der Waals surface area contributed by atoms with Crippen LogP contribution in [-0.2, 0) is 0 Å². The molecular weight excluding hydrogens is 226 g/mol. The van der Waals surface area contributed by atoms with Gasteiger partial charge in [-0.1, -0.05) is 0 Å². The summed E-state index contributed by atoms with van der Waals surface area (Å²) in [7, 11) is 0. The Labute approximate surface area is 103 Å². The summed E-state index contributed by atoms with van der Waals surface area (Å²) in [4.78, 5) is 16.0. The molecule has 18 heavy (non-hydrogen) atoms. The third-order valence-electron chi connectivity index (χ3n) is 2.74. The van der Waals surface area contributed by atoms with E-state index in [1.54, 1.807) is 18.3 Å². The molecule has 1 N–H and O–H groups in total. The normalized spacial score (nSPS) is 10.4. The van der Waals surface area contributed by atoms with Crippen LogP contribution in [0.5, 0.6) is 0 Å². The third kappa shape index (κ3) is 1.60. The molecule has 0 unspecified atom stereocenters. The van der Waals surface area contributed by atoms with Gasteiger partial charge in [0.1, 0.15) is 11.8 Å². The highest BCUT2D eigenvalue weighted by Gasteiger charge is 2.08. The summed E-state index contributed by atoms with van der Waals surface area (Å²) in [6.45, 7) is 2.00. The van der Waals surface area contributed by atoms with Gasteiger partial charge in [-0.15, -0.1) is 0 Å². The molecule has 3 aromatic rings. The van der Waals surface area contributed by atoms with E-state index in [9.17, 15) is 0 Å². The molecule has 0 fully saturated rings. The van der Waals surface area contributed by atoms with E-state index in [1.807, 2.05) is 19.1 Å². The molecule has 0 aliphatic carbocycles. The van der Waals surface area contributed by atoms with Gasteiger partial charge in [0.05, 0.1) is 11.1 Å². The number of imidazole rings is 1. The molecule has 0 aliphatic rings. The summed E-state index contributed by atoms with van der Waals surface area (Å²) in [5, 5.41) is 8.73. The number of nitrogens with one attached hydrogen (secondary N) is 1. The van der Waals surface area contributed by atoms with Gasteiger partial charge in [0.2, 0.25) is 0 Å². The van der Waals surface area contributed by atoms with Crippen LogP contribution in [0.4, 0.5) is 0 Å². The lowest BCUT2D eigenvalue weighted by atomic mass is 10.2. The molecule has 3 heterocycles. The Morgan fingerprint density at radius 2 is 2.11 bits per heavy atom. The number of aryl methyl sites for hydroxylation is 1. The summed E-state index contributed by atoms with van der Waals surface area (Å²) in [6.07, 6.45) is 3.26. The monoisotopic (exact) mass is 235 g/mol. The average Bonchev–Trinajstić information content (AvgIpc) is 2.84. The number of H-pyrrole nitrogens is 1. The van der Waals surface area contributed by atoms with Gasteiger partial charge < -0.3 is 4.98 Å². The Hall–Kier alpha value is -2.74. The number of rotatable bonds is 1. The number of aromatic nitrogens is 4. The largest absolute Gasteiger partial charge is 0.335 e. The van der Waals surface area contributed by atoms with E-state index in [0.717, 1.165) is 11.1 Å². The minimum absolute atomic E-state index is 0.532. The van der Waals surface area contributed by atoms with Crippen LogP contribution in [0.25, 0.3) is 22.7 Å². The fourth-order valence-corrected chi connectivity index (χ4v) is 1.76. The molecule has 0 amide bonds. The number of aromatic amines is 1. The third-order valence-corrected chi connectivity index (χ3v) is 2.74. The first kappa shape index (κ1) is 10.4. The van der Waals surface area contributed by atoms with Crippen LogP contribution in [0.3, 0.4) is 0 Å². The van der Waals surface area contributed by atoms with Crippen molar-refractivity contribution in [1.29, 1.82) is 5.26 Å². The molecule has 0 aliphatic heterocycles. The van der Waals surface area contributed by atoms with Crippen molar-refractivity contribution in [1.82, 2.24) is 19.9 Å². The molecule has 0 aromatic carbocycles. The highest BCUT2D eigenvalue weighted by atomic mass is 15.0. The Morgan fingerprint density at radius 1 is 1.22 bits per heavy atom. The zero-order valence-electron chi connectivity index (χ0n) is 9.68. The number of fused-ring (bicyclic) bond motifs is 1. The Morgan fingerprint density at radius 3 is 2.78 bits per heavy atom. The Kier molecular flexibility index (Phi) is 2.27. The first-order valence-corrected chi connectivity index (χ1v) is 5.46. The van der Waals surface area contributed by atoms with E-state index in [0.29, 0.717) is 22.7 Å². The van der Waals surface area contributed by atoms with Crippen LogP contribution in [0, 0.1) is 18.3 Å². The number of hydrogen-bond donors (Lipinski definition) is 1. The number of hydrogen-bond acceptors (Lipinski definition) is 4. The number of nitrogens with zero attached hydrogens (tertiary/aromatic N) is 4. The van der Waals surface area contributed by atoms with E-state index >= 15 is 0 Å². The zero-order valence-corrected chi connectivity index (χ0v) is 9.68. The fraction of sp³-hybridized carbons (Fsp3) is 0.0769. The zero-order chi connectivity index (χ0) is 12.5. The molecule has 0 atom stereocenters. The van der Waals surface area contributed by atoms with Crippen molar-refractivity contribution >= 4 is 11.2 Å².